The SMILES string of the molecule is COC1CCC(C)O1.N#Cc1ccsc1-n1cccc1.N#Cc1ccsc1N.O=c1[nH]c2ccsc2n2cccc12.[N-]=[N+]=NC(=O)c1ccsc1-n1cccc1. The average molecular weight is 823 g/mol. The number of thiophene rings is 4. The Hall–Kier alpha value is -6.21. The van der Waals surface area contributed by atoms with Crippen molar-refractivity contribution in [3.63, 3.8) is 0 Å². The number of nitrogens with zero attached hydrogens (tertiary/aromatic N) is 8. The highest BCUT2D eigenvalue weighted by atomic mass is 32.1. The molecular formula is C38H34N10O4S4. The monoisotopic (exact) mass is 822 g/mol. The number of carbonyl (C=O) groups is 1. The van der Waals surface area contributed by atoms with E-state index in [1.807, 2.05) is 110 Å². The van der Waals surface area contributed by atoms with Crippen LogP contribution in [0.4, 0.5) is 5.00 Å². The van der Waals surface area contributed by atoms with Gasteiger partial charge in [-0.2, -0.15) is 10.5 Å². The molecule has 0 spiro atoms. The molecular weight excluding hydrogens is 789 g/mol. The number of rotatable bonds is 4. The van der Waals surface area contributed by atoms with E-state index in [2.05, 4.69) is 28.0 Å². The largest absolute Gasteiger partial charge is 0.389 e. The van der Waals surface area contributed by atoms with Gasteiger partial charge in [-0.15, -0.1) is 45.3 Å². The molecule has 0 aromatic carbocycles. The van der Waals surface area contributed by atoms with Gasteiger partial charge in [0.2, 0.25) is 0 Å². The number of H-pyrrole nitrogens is 1. The zero-order valence-electron chi connectivity index (χ0n) is 30.0. The molecule has 1 amide bonds. The molecule has 0 saturated carbocycles. The summed E-state index contributed by atoms with van der Waals surface area (Å²) in [6.45, 7) is 2.07. The number of hydrogen-bond donors (Lipinski definition) is 2. The Balaban J connectivity index is 0.000000137. The Labute approximate surface area is 336 Å². The first-order chi connectivity index (χ1) is 27.3. The number of nitrogens with one attached hydrogen (secondary N) is 1. The molecule has 8 aromatic heterocycles. The summed E-state index contributed by atoms with van der Waals surface area (Å²) in [5.41, 5.74) is 16.8. The summed E-state index contributed by atoms with van der Waals surface area (Å²) < 4.78 is 15.9. The van der Waals surface area contributed by atoms with Gasteiger partial charge in [0.15, 0.2) is 6.29 Å². The predicted molar refractivity (Wildman–Crippen MR) is 223 cm³/mol. The normalized spacial score (nSPS) is 13.9. The number of nitriles is 2. The number of methoxy groups -OCH3 is 1. The quantitative estimate of drug-likeness (QED) is 0.0998. The molecule has 1 saturated heterocycles. The maximum Gasteiger partial charge on any atom is 0.272 e. The number of nitrogen functional groups attached to an aromatic ring is 1. The lowest BCUT2D eigenvalue weighted by molar-refractivity contribution is -0.110. The van der Waals surface area contributed by atoms with Crippen molar-refractivity contribution in [1.82, 2.24) is 18.5 Å². The summed E-state index contributed by atoms with van der Waals surface area (Å²) in [6.07, 6.45) is 12.1. The van der Waals surface area contributed by atoms with E-state index in [0.29, 0.717) is 27.7 Å². The van der Waals surface area contributed by atoms with Gasteiger partial charge in [-0.3, -0.25) is 9.59 Å². The Morgan fingerprint density at radius 2 is 1.52 bits per heavy atom. The first-order valence-electron chi connectivity index (χ1n) is 16.7. The number of fused-ring (bicyclic) bond motifs is 3. The molecule has 9 rings (SSSR count). The van der Waals surface area contributed by atoms with Gasteiger partial charge in [0.1, 0.15) is 37.5 Å². The van der Waals surface area contributed by atoms with Crippen LogP contribution in [0.15, 0.2) is 123 Å². The second kappa shape index (κ2) is 20.5. The van der Waals surface area contributed by atoms with Crippen LogP contribution in [0, 0.1) is 22.7 Å². The van der Waals surface area contributed by atoms with Gasteiger partial charge in [0.05, 0.1) is 28.3 Å². The topological polar surface area (TPSA) is 205 Å². The van der Waals surface area contributed by atoms with Crippen molar-refractivity contribution in [3.05, 3.63) is 151 Å². The highest BCUT2D eigenvalue weighted by molar-refractivity contribution is 7.16. The molecule has 18 heteroatoms. The Bertz CT molecular complexity index is 2640. The minimum absolute atomic E-state index is 0.0316. The molecule has 8 aromatic rings. The zero-order valence-corrected chi connectivity index (χ0v) is 33.2. The molecule has 2 atom stereocenters. The number of anilines is 1. The highest BCUT2D eigenvalue weighted by Gasteiger charge is 2.20. The van der Waals surface area contributed by atoms with E-state index in [9.17, 15) is 9.59 Å². The Morgan fingerprint density at radius 1 is 0.893 bits per heavy atom. The van der Waals surface area contributed by atoms with E-state index in [1.54, 1.807) is 52.7 Å². The molecule has 3 N–H and O–H groups in total. The lowest BCUT2D eigenvalue weighted by Crippen LogP contribution is -2.09. The molecule has 2 unspecified atom stereocenters. The third kappa shape index (κ3) is 10.5. The van der Waals surface area contributed by atoms with Crippen molar-refractivity contribution in [2.24, 2.45) is 5.11 Å². The van der Waals surface area contributed by atoms with Crippen molar-refractivity contribution in [1.29, 1.82) is 10.5 Å². The predicted octanol–water partition coefficient (Wildman–Crippen LogP) is 9.60. The molecule has 0 aliphatic carbocycles. The Morgan fingerprint density at radius 3 is 2.09 bits per heavy atom. The van der Waals surface area contributed by atoms with Crippen LogP contribution < -0.4 is 11.3 Å². The molecule has 9 heterocycles. The van der Waals surface area contributed by atoms with Crippen LogP contribution in [0.1, 0.15) is 41.3 Å². The van der Waals surface area contributed by atoms with E-state index >= 15 is 0 Å². The summed E-state index contributed by atoms with van der Waals surface area (Å²) in [5, 5.41) is 29.9. The van der Waals surface area contributed by atoms with Crippen LogP contribution in [-0.4, -0.2) is 43.9 Å². The van der Waals surface area contributed by atoms with Gasteiger partial charge < -0.3 is 33.7 Å². The van der Waals surface area contributed by atoms with Crippen LogP contribution in [0.25, 0.3) is 36.3 Å². The fourth-order valence-corrected chi connectivity index (χ4v) is 8.27. The second-order valence-electron chi connectivity index (χ2n) is 11.4. The van der Waals surface area contributed by atoms with E-state index in [0.717, 1.165) is 38.8 Å². The maximum absolute atomic E-state index is 11.5. The minimum Gasteiger partial charge on any atom is -0.389 e. The first-order valence-corrected chi connectivity index (χ1v) is 20.2. The van der Waals surface area contributed by atoms with Crippen molar-refractivity contribution < 1.29 is 14.3 Å². The van der Waals surface area contributed by atoms with E-state index in [1.165, 1.54) is 22.7 Å². The first kappa shape index (κ1) is 41.0. The van der Waals surface area contributed by atoms with E-state index in [-0.39, 0.29) is 11.8 Å². The molecule has 0 radical (unpaired) electrons. The smallest absolute Gasteiger partial charge is 0.272 e. The van der Waals surface area contributed by atoms with Gasteiger partial charge >= 0.3 is 0 Å². The van der Waals surface area contributed by atoms with Gasteiger partial charge in [-0.05, 0) is 106 Å². The van der Waals surface area contributed by atoms with Gasteiger partial charge in [0, 0.05) is 49.4 Å². The number of amides is 1. The second-order valence-corrected chi connectivity index (χ2v) is 15.1. The van der Waals surface area contributed by atoms with Crippen molar-refractivity contribution in [2.45, 2.75) is 32.2 Å². The summed E-state index contributed by atoms with van der Waals surface area (Å²) in [7, 11) is 1.68. The number of aromatic amines is 1. The van der Waals surface area contributed by atoms with Crippen molar-refractivity contribution in [3.8, 4) is 22.1 Å². The van der Waals surface area contributed by atoms with E-state index in [4.69, 9.17) is 31.3 Å². The fourth-order valence-electron chi connectivity index (χ4n) is 5.15. The molecule has 0 bridgehead atoms. The standard InChI is InChI=1S/C9H6N4OS.C9H6N2OS.C9H6N2S.C6H12O2.C5H4N2S/c10-12-11-8(14)7-3-6-15-9(7)13-4-1-2-5-13;12-8-7-2-1-4-11(7)9-6(10-8)3-5-13-9;10-7-8-3-6-12-9(8)11-4-1-2-5-11;1-5-3-4-6(7-2)8-5;6-3-4-1-2-8-5(4)7/h1-6H;1-5H,(H,10,12);1-6H;5-6H,3-4H2,1-2H3;1-2H,7H2. The van der Waals surface area contributed by atoms with Gasteiger partial charge in [0.25, 0.3) is 11.5 Å². The maximum atomic E-state index is 11.5. The lowest BCUT2D eigenvalue weighted by Gasteiger charge is -2.06. The van der Waals surface area contributed by atoms with Crippen LogP contribution in [-0.2, 0) is 9.47 Å². The molecule has 1 aliphatic heterocycles. The zero-order chi connectivity index (χ0) is 39.9. The van der Waals surface area contributed by atoms with Crippen LogP contribution in [0.2, 0.25) is 0 Å². The number of hydrogen-bond acceptors (Lipinski definition) is 11. The minimum atomic E-state index is -0.553. The number of azide groups is 1. The molecule has 14 nitrogen and oxygen atoms in total. The Kier molecular flexibility index (Phi) is 15.0. The van der Waals surface area contributed by atoms with Crippen LogP contribution >= 0.6 is 45.3 Å². The number of nitrogens with two attached hydrogens (primary N) is 1. The third-order valence-corrected chi connectivity index (χ3v) is 11.3. The molecule has 284 valence electrons. The highest BCUT2D eigenvalue weighted by Crippen LogP contribution is 2.24. The van der Waals surface area contributed by atoms with Crippen molar-refractivity contribution in [2.75, 3.05) is 12.8 Å². The fraction of sp³-hybridized carbons (Fsp3) is 0.158. The summed E-state index contributed by atoms with van der Waals surface area (Å²) in [6, 6.07) is 22.5. The summed E-state index contributed by atoms with van der Waals surface area (Å²) in [4.78, 5) is 29.3. The van der Waals surface area contributed by atoms with Crippen molar-refractivity contribution >= 4 is 72.1 Å². The molecule has 1 fully saturated rings. The summed E-state index contributed by atoms with van der Waals surface area (Å²) >= 11 is 6.00. The van der Waals surface area contributed by atoms with Crippen LogP contribution in [0.5, 0.6) is 0 Å². The summed E-state index contributed by atoms with van der Waals surface area (Å²) in [5.74, 6) is -0.553. The lowest BCUT2D eigenvalue weighted by atomic mass is 10.3. The van der Waals surface area contributed by atoms with E-state index < -0.39 is 5.91 Å². The third-order valence-electron chi connectivity index (χ3n) is 7.82. The number of ether oxygens (including phenoxy) is 2. The molecule has 1 aliphatic rings. The molecule has 56 heavy (non-hydrogen) atoms. The van der Waals surface area contributed by atoms with Gasteiger partial charge in [-0.1, -0.05) is 0 Å². The number of aromatic nitrogens is 4. The number of carbonyl (C=O) groups excluding carboxylic acids is 1. The van der Waals surface area contributed by atoms with Crippen LogP contribution in [0.3, 0.4) is 0 Å². The average Bonchev–Trinajstić information content (AvgIpc) is 4.04. The van der Waals surface area contributed by atoms with Gasteiger partial charge in [-0.25, -0.2) is 0 Å².